The predicted molar refractivity (Wildman–Crippen MR) is 139 cm³/mol. The van der Waals surface area contributed by atoms with Gasteiger partial charge < -0.3 is 10.2 Å². The van der Waals surface area contributed by atoms with Crippen LogP contribution in [0.1, 0.15) is 60.6 Å². The molecule has 2 aliphatic rings. The normalized spacial score (nSPS) is 19.9. The molecule has 1 aromatic carbocycles. The van der Waals surface area contributed by atoms with Crippen molar-refractivity contribution in [1.82, 2.24) is 20.0 Å². The van der Waals surface area contributed by atoms with Gasteiger partial charge in [-0.15, -0.1) is 11.3 Å². The van der Waals surface area contributed by atoms with Gasteiger partial charge in [-0.05, 0) is 69.0 Å². The lowest BCUT2D eigenvalue weighted by Gasteiger charge is -2.43. The molecule has 3 heterocycles. The summed E-state index contributed by atoms with van der Waals surface area (Å²) in [6.45, 7) is 5.20. The summed E-state index contributed by atoms with van der Waals surface area (Å²) in [6.07, 6.45) is 7.73. The fraction of sp³-hybridized carbons (Fsp3) is 0.393. The number of benzene rings is 1. The van der Waals surface area contributed by atoms with Crippen LogP contribution in [-0.2, 0) is 17.9 Å². The van der Waals surface area contributed by atoms with Crippen molar-refractivity contribution < 1.29 is 9.59 Å². The molecular weight excluding hydrogens is 456 g/mol. The highest BCUT2D eigenvalue weighted by atomic mass is 32.1. The molecule has 35 heavy (non-hydrogen) atoms. The van der Waals surface area contributed by atoms with Crippen molar-refractivity contribution >= 4 is 23.2 Å². The molecule has 6 nitrogen and oxygen atoms in total. The van der Waals surface area contributed by atoms with Crippen molar-refractivity contribution in [3.63, 3.8) is 0 Å². The van der Waals surface area contributed by atoms with Crippen molar-refractivity contribution in [3.8, 4) is 10.6 Å². The Kier molecular flexibility index (Phi) is 6.60. The maximum atomic E-state index is 13.8. The van der Waals surface area contributed by atoms with Crippen LogP contribution in [-0.4, -0.2) is 38.6 Å². The summed E-state index contributed by atoms with van der Waals surface area (Å²) in [6, 6.07) is 14.0. The Morgan fingerprint density at radius 3 is 2.74 bits per heavy atom. The summed E-state index contributed by atoms with van der Waals surface area (Å²) in [5.41, 5.74) is 3.92. The second-order valence-electron chi connectivity index (χ2n) is 9.81. The quantitative estimate of drug-likeness (QED) is 0.457. The number of nitrogens with zero attached hydrogens (tertiary/aromatic N) is 3. The van der Waals surface area contributed by atoms with Gasteiger partial charge in [-0.1, -0.05) is 47.5 Å². The molecule has 5 rings (SSSR count). The minimum Gasteiger partial charge on any atom is -0.350 e. The summed E-state index contributed by atoms with van der Waals surface area (Å²) < 4.78 is 1.72. The molecule has 0 unspecified atom stereocenters. The average Bonchev–Trinajstić information content (AvgIpc) is 3.54. The molecule has 1 aliphatic carbocycles. The average molecular weight is 489 g/mol. The van der Waals surface area contributed by atoms with E-state index < -0.39 is 5.54 Å². The molecule has 0 saturated carbocycles. The zero-order valence-electron chi connectivity index (χ0n) is 20.4. The maximum absolute atomic E-state index is 13.8. The molecule has 0 bridgehead atoms. The lowest BCUT2D eigenvalue weighted by molar-refractivity contribution is -0.133. The topological polar surface area (TPSA) is 67.2 Å². The second-order valence-corrected chi connectivity index (χ2v) is 10.8. The first-order valence-electron chi connectivity index (χ1n) is 12.4. The third-order valence-electron chi connectivity index (χ3n) is 7.18. The standard InChI is InChI=1S/C28H32N4O2S/c1-20-10-12-22(13-11-20)18-29-27(34)28(2)19-32-24(17-23(30-32)25-9-6-16-35-25)26(33)31(28)15-14-21-7-4-3-5-8-21/h6-7,9-13,16-17H,3-5,8,14-15,18-19H2,1-2H3,(H,29,34)/t28-/m1/s1. The van der Waals surface area contributed by atoms with Gasteiger partial charge in [-0.3, -0.25) is 14.3 Å². The first-order valence-corrected chi connectivity index (χ1v) is 13.3. The first kappa shape index (κ1) is 23.5. The lowest BCUT2D eigenvalue weighted by Crippen LogP contribution is -2.64. The smallest absolute Gasteiger partial charge is 0.273 e. The number of fused-ring (bicyclic) bond motifs is 1. The lowest BCUT2D eigenvalue weighted by atomic mass is 9.92. The summed E-state index contributed by atoms with van der Waals surface area (Å²) >= 11 is 1.60. The van der Waals surface area contributed by atoms with Gasteiger partial charge in [0.2, 0.25) is 5.91 Å². The zero-order valence-corrected chi connectivity index (χ0v) is 21.2. The van der Waals surface area contributed by atoms with E-state index in [-0.39, 0.29) is 11.8 Å². The maximum Gasteiger partial charge on any atom is 0.273 e. The molecule has 2 aromatic heterocycles. The van der Waals surface area contributed by atoms with Crippen molar-refractivity contribution in [1.29, 1.82) is 0 Å². The summed E-state index contributed by atoms with van der Waals surface area (Å²) in [7, 11) is 0. The molecule has 3 aromatic rings. The van der Waals surface area contributed by atoms with Gasteiger partial charge in [0.15, 0.2) is 0 Å². The van der Waals surface area contributed by atoms with E-state index in [4.69, 9.17) is 5.10 Å². The fourth-order valence-corrected chi connectivity index (χ4v) is 5.68. The molecule has 1 N–H and O–H groups in total. The first-order chi connectivity index (χ1) is 16.9. The number of nitrogens with one attached hydrogen (secondary N) is 1. The van der Waals surface area contributed by atoms with Gasteiger partial charge in [0.1, 0.15) is 16.9 Å². The monoisotopic (exact) mass is 488 g/mol. The minimum absolute atomic E-state index is 0.129. The van der Waals surface area contributed by atoms with E-state index in [1.807, 2.05) is 61.7 Å². The SMILES string of the molecule is Cc1ccc(CNC(=O)[C@@]2(C)Cn3nc(-c4cccs4)cc3C(=O)N2CCC2=CCCCC2)cc1. The number of rotatable bonds is 7. The highest BCUT2D eigenvalue weighted by molar-refractivity contribution is 7.13. The van der Waals surface area contributed by atoms with E-state index in [0.29, 0.717) is 25.3 Å². The molecule has 2 amide bonds. The van der Waals surface area contributed by atoms with E-state index in [1.54, 1.807) is 20.9 Å². The number of hydrogen-bond donors (Lipinski definition) is 1. The van der Waals surface area contributed by atoms with E-state index >= 15 is 0 Å². The highest BCUT2D eigenvalue weighted by Crippen LogP contribution is 2.32. The van der Waals surface area contributed by atoms with Gasteiger partial charge in [0, 0.05) is 13.1 Å². The summed E-state index contributed by atoms with van der Waals surface area (Å²) in [4.78, 5) is 30.2. The molecule has 0 saturated heterocycles. The summed E-state index contributed by atoms with van der Waals surface area (Å²) in [5, 5.41) is 9.82. The van der Waals surface area contributed by atoms with Crippen LogP contribution in [0.25, 0.3) is 10.6 Å². The van der Waals surface area contributed by atoms with Crippen molar-refractivity contribution in [3.05, 3.63) is 76.3 Å². The number of allylic oxidation sites excluding steroid dienone is 1. The second kappa shape index (κ2) is 9.82. The van der Waals surface area contributed by atoms with Gasteiger partial charge in [0.05, 0.1) is 11.4 Å². The number of thiophene rings is 1. The Balaban J connectivity index is 1.42. The minimum atomic E-state index is -1.03. The van der Waals surface area contributed by atoms with E-state index in [1.165, 1.54) is 24.0 Å². The zero-order chi connectivity index (χ0) is 24.4. The number of hydrogen-bond acceptors (Lipinski definition) is 4. The Bertz CT molecular complexity index is 1240. The van der Waals surface area contributed by atoms with E-state index in [9.17, 15) is 9.59 Å². The van der Waals surface area contributed by atoms with E-state index in [0.717, 1.165) is 35.4 Å². The Hall–Kier alpha value is -3.19. The number of carbonyl (C=O) groups excluding carboxylic acids is 2. The number of amides is 2. The van der Waals surface area contributed by atoms with Crippen LogP contribution in [0, 0.1) is 6.92 Å². The van der Waals surface area contributed by atoms with Crippen LogP contribution >= 0.6 is 11.3 Å². The van der Waals surface area contributed by atoms with Crippen LogP contribution in [0.5, 0.6) is 0 Å². The Morgan fingerprint density at radius 2 is 2.03 bits per heavy atom. The van der Waals surface area contributed by atoms with E-state index in [2.05, 4.69) is 11.4 Å². The molecule has 182 valence electrons. The van der Waals surface area contributed by atoms with Crippen LogP contribution in [0.15, 0.2) is 59.5 Å². The number of carbonyl (C=O) groups is 2. The Labute approximate surface area is 210 Å². The molecule has 0 fully saturated rings. The van der Waals surface area contributed by atoms with Crippen molar-refractivity contribution in [2.45, 2.75) is 64.6 Å². The molecule has 1 atom stereocenters. The largest absolute Gasteiger partial charge is 0.350 e. The van der Waals surface area contributed by atoms with Crippen LogP contribution < -0.4 is 5.32 Å². The number of aryl methyl sites for hydroxylation is 1. The van der Waals surface area contributed by atoms with Gasteiger partial charge in [-0.25, -0.2) is 0 Å². The molecule has 7 heteroatoms. The third-order valence-corrected chi connectivity index (χ3v) is 8.07. The highest BCUT2D eigenvalue weighted by Gasteiger charge is 2.47. The number of aromatic nitrogens is 2. The molecular formula is C28H32N4O2S. The van der Waals surface area contributed by atoms with Crippen molar-refractivity contribution in [2.75, 3.05) is 6.54 Å². The summed E-state index contributed by atoms with van der Waals surface area (Å²) in [5.74, 6) is -0.279. The Morgan fingerprint density at radius 1 is 1.20 bits per heavy atom. The molecule has 0 spiro atoms. The van der Waals surface area contributed by atoms with Gasteiger partial charge in [0.25, 0.3) is 5.91 Å². The predicted octanol–water partition coefficient (Wildman–Crippen LogP) is 5.34. The van der Waals surface area contributed by atoms with Crippen LogP contribution in [0.2, 0.25) is 0 Å². The van der Waals surface area contributed by atoms with Crippen LogP contribution in [0.4, 0.5) is 0 Å². The van der Waals surface area contributed by atoms with Gasteiger partial charge in [-0.2, -0.15) is 5.10 Å². The molecule has 1 aliphatic heterocycles. The fourth-order valence-electron chi connectivity index (χ4n) is 5.00. The molecule has 0 radical (unpaired) electrons. The van der Waals surface area contributed by atoms with Gasteiger partial charge >= 0.3 is 0 Å². The van der Waals surface area contributed by atoms with Crippen molar-refractivity contribution in [2.24, 2.45) is 0 Å². The third kappa shape index (κ3) is 4.82. The van der Waals surface area contributed by atoms with Crippen LogP contribution in [0.3, 0.4) is 0 Å².